The number of hydrogen-bond donors (Lipinski definition) is 1. The van der Waals surface area contributed by atoms with Crippen LogP contribution >= 0.6 is 11.6 Å². The Bertz CT molecular complexity index is 928. The van der Waals surface area contributed by atoms with E-state index in [-0.39, 0.29) is 12.5 Å². The third-order valence-electron chi connectivity index (χ3n) is 3.69. The standard InChI is InChI=1S/C22H19ClN2O3/c23-19-11-9-17(10-12-19)15-27-21-8-4-5-18(13-21)14-24-25-22(26)16-28-20-6-2-1-3-7-20/h1-14H,15-16H2,(H,25,26)/b24-14-. The number of carbonyl (C=O) groups excluding carboxylic acids is 1. The smallest absolute Gasteiger partial charge is 0.277 e. The van der Waals surface area contributed by atoms with Gasteiger partial charge in [-0.25, -0.2) is 5.43 Å². The predicted molar refractivity (Wildman–Crippen MR) is 110 cm³/mol. The van der Waals surface area contributed by atoms with Crippen LogP contribution in [0.1, 0.15) is 11.1 Å². The highest BCUT2D eigenvalue weighted by Gasteiger charge is 2.01. The van der Waals surface area contributed by atoms with Crippen molar-refractivity contribution in [2.24, 2.45) is 5.10 Å². The lowest BCUT2D eigenvalue weighted by Gasteiger charge is -2.07. The molecule has 0 fully saturated rings. The summed E-state index contributed by atoms with van der Waals surface area (Å²) in [6, 6.07) is 24.0. The molecular weight excluding hydrogens is 376 g/mol. The third kappa shape index (κ3) is 6.45. The molecule has 0 aliphatic rings. The maximum atomic E-state index is 11.8. The van der Waals surface area contributed by atoms with Gasteiger partial charge in [0.2, 0.25) is 0 Å². The first-order valence-corrected chi connectivity index (χ1v) is 9.04. The molecule has 0 atom stereocenters. The van der Waals surface area contributed by atoms with Crippen LogP contribution in [0.5, 0.6) is 11.5 Å². The van der Waals surface area contributed by atoms with Crippen molar-refractivity contribution in [3.05, 3.63) is 95.0 Å². The van der Waals surface area contributed by atoms with Crippen molar-refractivity contribution < 1.29 is 14.3 Å². The highest BCUT2D eigenvalue weighted by atomic mass is 35.5. The van der Waals surface area contributed by atoms with E-state index in [1.807, 2.05) is 66.7 Å². The van der Waals surface area contributed by atoms with Gasteiger partial charge in [0.25, 0.3) is 5.91 Å². The molecule has 28 heavy (non-hydrogen) atoms. The predicted octanol–water partition coefficient (Wildman–Crippen LogP) is 4.45. The second kappa shape index (κ2) is 10.1. The minimum Gasteiger partial charge on any atom is -0.489 e. The van der Waals surface area contributed by atoms with Crippen LogP contribution < -0.4 is 14.9 Å². The Labute approximate surface area is 168 Å². The fourth-order valence-corrected chi connectivity index (χ4v) is 2.43. The summed E-state index contributed by atoms with van der Waals surface area (Å²) in [4.78, 5) is 11.8. The Balaban J connectivity index is 1.46. The second-order valence-electron chi connectivity index (χ2n) is 5.88. The Morgan fingerprint density at radius 1 is 0.929 bits per heavy atom. The molecule has 6 heteroatoms. The van der Waals surface area contributed by atoms with E-state index >= 15 is 0 Å². The van der Waals surface area contributed by atoms with Crippen molar-refractivity contribution in [2.45, 2.75) is 6.61 Å². The quantitative estimate of drug-likeness (QED) is 0.453. The minimum atomic E-state index is -0.338. The number of rotatable bonds is 8. The molecule has 0 radical (unpaired) electrons. The topological polar surface area (TPSA) is 59.9 Å². The third-order valence-corrected chi connectivity index (χ3v) is 3.94. The van der Waals surface area contributed by atoms with Crippen LogP contribution in [0.3, 0.4) is 0 Å². The summed E-state index contributed by atoms with van der Waals surface area (Å²) in [7, 11) is 0. The van der Waals surface area contributed by atoms with Crippen molar-refractivity contribution in [3.63, 3.8) is 0 Å². The van der Waals surface area contributed by atoms with E-state index in [1.54, 1.807) is 18.3 Å². The van der Waals surface area contributed by atoms with Crippen molar-refractivity contribution in [3.8, 4) is 11.5 Å². The number of nitrogens with one attached hydrogen (secondary N) is 1. The van der Waals surface area contributed by atoms with E-state index in [0.29, 0.717) is 23.1 Å². The number of hydrogen-bond acceptors (Lipinski definition) is 4. The molecule has 0 aliphatic carbocycles. The molecule has 0 unspecified atom stereocenters. The number of halogens is 1. The van der Waals surface area contributed by atoms with Gasteiger partial charge in [0.1, 0.15) is 18.1 Å². The second-order valence-corrected chi connectivity index (χ2v) is 6.32. The van der Waals surface area contributed by atoms with E-state index < -0.39 is 0 Å². The van der Waals surface area contributed by atoms with E-state index in [0.717, 1.165) is 11.1 Å². The molecule has 0 saturated heterocycles. The van der Waals surface area contributed by atoms with Gasteiger partial charge in [0.15, 0.2) is 6.61 Å². The lowest BCUT2D eigenvalue weighted by Crippen LogP contribution is -2.24. The van der Waals surface area contributed by atoms with Crippen molar-refractivity contribution >= 4 is 23.7 Å². The van der Waals surface area contributed by atoms with Gasteiger partial charge in [0.05, 0.1) is 6.21 Å². The Kier molecular flexibility index (Phi) is 7.04. The van der Waals surface area contributed by atoms with Gasteiger partial charge in [-0.05, 0) is 47.5 Å². The van der Waals surface area contributed by atoms with Gasteiger partial charge < -0.3 is 9.47 Å². The number of benzene rings is 3. The molecule has 3 rings (SSSR count). The highest BCUT2D eigenvalue weighted by Crippen LogP contribution is 2.15. The van der Waals surface area contributed by atoms with Crippen LogP contribution in [0.2, 0.25) is 5.02 Å². The molecule has 0 bridgehead atoms. The van der Waals surface area contributed by atoms with E-state index in [2.05, 4.69) is 10.5 Å². The number of hydrazone groups is 1. The average Bonchev–Trinajstić information content (AvgIpc) is 2.73. The molecule has 0 aliphatic heterocycles. The number of carbonyl (C=O) groups is 1. The Morgan fingerprint density at radius 3 is 2.46 bits per heavy atom. The number of ether oxygens (including phenoxy) is 2. The van der Waals surface area contributed by atoms with Gasteiger partial charge >= 0.3 is 0 Å². The zero-order valence-corrected chi connectivity index (χ0v) is 15.8. The first kappa shape index (κ1) is 19.5. The van der Waals surface area contributed by atoms with Gasteiger partial charge in [0, 0.05) is 5.02 Å². The molecule has 3 aromatic rings. The number of nitrogens with zero attached hydrogens (tertiary/aromatic N) is 1. The van der Waals surface area contributed by atoms with Crippen LogP contribution in [0.4, 0.5) is 0 Å². The summed E-state index contributed by atoms with van der Waals surface area (Å²) in [5, 5.41) is 4.64. The SMILES string of the molecule is O=C(COc1ccccc1)N/N=C\c1cccc(OCc2ccc(Cl)cc2)c1. The fraction of sp³-hybridized carbons (Fsp3) is 0.0909. The zero-order chi connectivity index (χ0) is 19.6. The summed E-state index contributed by atoms with van der Waals surface area (Å²) >= 11 is 5.88. The molecule has 142 valence electrons. The summed E-state index contributed by atoms with van der Waals surface area (Å²) in [6.45, 7) is 0.330. The average molecular weight is 395 g/mol. The van der Waals surface area contributed by atoms with Crippen LogP contribution in [-0.2, 0) is 11.4 Å². The van der Waals surface area contributed by atoms with E-state index in [1.165, 1.54) is 0 Å². The number of amides is 1. The lowest BCUT2D eigenvalue weighted by molar-refractivity contribution is -0.123. The van der Waals surface area contributed by atoms with Crippen LogP contribution in [0, 0.1) is 0 Å². The monoisotopic (exact) mass is 394 g/mol. The minimum absolute atomic E-state index is 0.106. The molecule has 5 nitrogen and oxygen atoms in total. The first-order valence-electron chi connectivity index (χ1n) is 8.66. The Hall–Kier alpha value is -3.31. The van der Waals surface area contributed by atoms with Gasteiger partial charge in [-0.3, -0.25) is 4.79 Å². The Morgan fingerprint density at radius 2 is 1.68 bits per heavy atom. The van der Waals surface area contributed by atoms with Crippen molar-refractivity contribution in [2.75, 3.05) is 6.61 Å². The normalized spacial score (nSPS) is 10.6. The first-order chi connectivity index (χ1) is 13.7. The van der Waals surface area contributed by atoms with E-state index in [4.69, 9.17) is 21.1 Å². The van der Waals surface area contributed by atoms with Crippen LogP contribution in [-0.4, -0.2) is 18.7 Å². The molecule has 3 aromatic carbocycles. The van der Waals surface area contributed by atoms with Crippen LogP contribution in [0.15, 0.2) is 84.0 Å². The number of para-hydroxylation sites is 1. The fourth-order valence-electron chi connectivity index (χ4n) is 2.31. The van der Waals surface area contributed by atoms with Crippen LogP contribution in [0.25, 0.3) is 0 Å². The lowest BCUT2D eigenvalue weighted by atomic mass is 10.2. The summed E-state index contributed by atoms with van der Waals surface area (Å²) in [5.41, 5.74) is 4.26. The molecule has 1 N–H and O–H groups in total. The summed E-state index contributed by atoms with van der Waals surface area (Å²) in [6.07, 6.45) is 1.55. The summed E-state index contributed by atoms with van der Waals surface area (Å²) in [5.74, 6) is 1.00. The van der Waals surface area contributed by atoms with Crippen molar-refractivity contribution in [1.29, 1.82) is 0 Å². The summed E-state index contributed by atoms with van der Waals surface area (Å²) < 4.78 is 11.1. The zero-order valence-electron chi connectivity index (χ0n) is 15.0. The van der Waals surface area contributed by atoms with Crippen molar-refractivity contribution in [1.82, 2.24) is 5.43 Å². The largest absolute Gasteiger partial charge is 0.489 e. The van der Waals surface area contributed by atoms with Gasteiger partial charge in [-0.1, -0.05) is 54.1 Å². The molecule has 0 spiro atoms. The highest BCUT2D eigenvalue weighted by molar-refractivity contribution is 6.30. The molecule has 0 saturated carbocycles. The maximum Gasteiger partial charge on any atom is 0.277 e. The molecular formula is C22H19ClN2O3. The molecule has 1 amide bonds. The maximum absolute atomic E-state index is 11.8. The molecule has 0 heterocycles. The van der Waals surface area contributed by atoms with Gasteiger partial charge in [-0.2, -0.15) is 5.10 Å². The van der Waals surface area contributed by atoms with Gasteiger partial charge in [-0.15, -0.1) is 0 Å². The molecule has 0 aromatic heterocycles. The van der Waals surface area contributed by atoms with E-state index in [9.17, 15) is 4.79 Å².